The van der Waals surface area contributed by atoms with Crippen molar-refractivity contribution < 1.29 is 0 Å². The van der Waals surface area contributed by atoms with E-state index < -0.39 is 0 Å². The summed E-state index contributed by atoms with van der Waals surface area (Å²) in [5, 5.41) is 0. The Bertz CT molecular complexity index is 73.7. The summed E-state index contributed by atoms with van der Waals surface area (Å²) < 4.78 is 0. The molecule has 0 amide bonds. The molecule has 0 spiro atoms. The van der Waals surface area contributed by atoms with E-state index in [1.165, 1.54) is 0 Å². The number of hydrogen-bond acceptors (Lipinski definition) is 2. The maximum Gasteiger partial charge on any atom is 0.0505 e. The third kappa shape index (κ3) is 8.82. The Labute approximate surface area is 95.5 Å². The number of rotatable bonds is 6. The van der Waals surface area contributed by atoms with E-state index in [9.17, 15) is 0 Å². The largest absolute Gasteiger partial charge is 0.291 e. The maximum absolute atomic E-state index is 2.44. The topological polar surface area (TPSA) is 6.48 Å². The van der Waals surface area contributed by atoms with Gasteiger partial charge in [-0.05, 0) is 26.2 Å². The Morgan fingerprint density at radius 1 is 0.615 bits per heavy atom. The van der Waals surface area contributed by atoms with Gasteiger partial charge < -0.3 is 0 Å². The second-order valence-corrected chi connectivity index (χ2v) is 2.75. The van der Waals surface area contributed by atoms with Crippen LogP contribution in [-0.2, 0) is 0 Å². The zero-order valence-corrected chi connectivity index (χ0v) is 10.9. The normalized spacial score (nSPS) is 9.69. The summed E-state index contributed by atoms with van der Waals surface area (Å²) in [7, 11) is 0. The molecule has 0 N–H and O–H groups in total. The highest BCUT2D eigenvalue weighted by atomic mass is 35.5. The third-order valence-corrected chi connectivity index (χ3v) is 2.19. The van der Waals surface area contributed by atoms with Gasteiger partial charge in [0.25, 0.3) is 0 Å². The molecule has 0 aromatic carbocycles. The molecule has 0 rings (SSSR count). The Morgan fingerprint density at radius 2 is 0.846 bits per heavy atom. The molecule has 0 unspecified atom stereocenters. The highest BCUT2D eigenvalue weighted by molar-refractivity contribution is 5.85. The van der Waals surface area contributed by atoms with Gasteiger partial charge >= 0.3 is 0 Å². The zero-order chi connectivity index (χ0) is 8.69. The van der Waals surface area contributed by atoms with Gasteiger partial charge in [-0.1, -0.05) is 27.7 Å². The van der Waals surface area contributed by atoms with Crippen LogP contribution in [0.15, 0.2) is 0 Å². The van der Waals surface area contributed by atoms with E-state index in [1.54, 1.807) is 0 Å². The van der Waals surface area contributed by atoms with E-state index in [0.29, 0.717) is 0 Å². The first-order valence-corrected chi connectivity index (χ1v) is 4.73. The van der Waals surface area contributed by atoms with Gasteiger partial charge in [0.1, 0.15) is 0 Å². The average molecular weight is 231 g/mol. The highest BCUT2D eigenvalue weighted by Crippen LogP contribution is 1.92. The van der Waals surface area contributed by atoms with Crippen LogP contribution < -0.4 is 0 Å². The monoisotopic (exact) mass is 230 g/mol. The second kappa shape index (κ2) is 12.5. The van der Waals surface area contributed by atoms with Gasteiger partial charge in [-0.2, -0.15) is 0 Å². The molecule has 4 heteroatoms. The molecule has 84 valence electrons. The van der Waals surface area contributed by atoms with Crippen molar-refractivity contribution >= 4 is 24.8 Å². The lowest BCUT2D eigenvalue weighted by Gasteiger charge is -2.26. The van der Waals surface area contributed by atoms with Crippen molar-refractivity contribution in [2.24, 2.45) is 0 Å². The number of nitrogens with zero attached hydrogens (tertiary/aromatic N) is 2. The van der Waals surface area contributed by atoms with Crippen LogP contribution in [0.5, 0.6) is 0 Å². The fraction of sp³-hybridized carbons (Fsp3) is 1.00. The van der Waals surface area contributed by atoms with Crippen molar-refractivity contribution in [1.29, 1.82) is 0 Å². The zero-order valence-electron chi connectivity index (χ0n) is 9.25. The summed E-state index contributed by atoms with van der Waals surface area (Å²) in [5.41, 5.74) is 0. The van der Waals surface area contributed by atoms with Crippen molar-refractivity contribution in [2.45, 2.75) is 27.7 Å². The molecule has 0 aromatic rings. The predicted molar refractivity (Wildman–Crippen MR) is 65.2 cm³/mol. The van der Waals surface area contributed by atoms with Crippen LogP contribution in [0.1, 0.15) is 27.7 Å². The van der Waals surface area contributed by atoms with Crippen molar-refractivity contribution in [1.82, 2.24) is 9.80 Å². The van der Waals surface area contributed by atoms with Gasteiger partial charge in [-0.15, -0.1) is 24.8 Å². The molecular weight excluding hydrogens is 207 g/mol. The van der Waals surface area contributed by atoms with E-state index >= 15 is 0 Å². The van der Waals surface area contributed by atoms with Gasteiger partial charge in [0, 0.05) is 0 Å². The molecule has 0 radical (unpaired) electrons. The van der Waals surface area contributed by atoms with E-state index in [2.05, 4.69) is 37.5 Å². The van der Waals surface area contributed by atoms with Gasteiger partial charge in [0.05, 0.1) is 6.67 Å². The quantitative estimate of drug-likeness (QED) is 0.648. The summed E-state index contributed by atoms with van der Waals surface area (Å²) in [5.74, 6) is 0. The molecule has 0 fully saturated rings. The highest BCUT2D eigenvalue weighted by Gasteiger charge is 2.03. The molecule has 0 atom stereocenters. The summed E-state index contributed by atoms with van der Waals surface area (Å²) in [6, 6.07) is 0. The summed E-state index contributed by atoms with van der Waals surface area (Å²) >= 11 is 0. The molecule has 0 aromatic heterocycles. The minimum Gasteiger partial charge on any atom is -0.291 e. The van der Waals surface area contributed by atoms with Gasteiger partial charge in [-0.25, -0.2) is 0 Å². The second-order valence-electron chi connectivity index (χ2n) is 2.75. The minimum absolute atomic E-state index is 0. The molecule has 13 heavy (non-hydrogen) atoms. The molecule has 2 nitrogen and oxygen atoms in total. The molecule has 0 aliphatic rings. The van der Waals surface area contributed by atoms with Crippen LogP contribution in [0.25, 0.3) is 0 Å². The van der Waals surface area contributed by atoms with Crippen LogP contribution in [0.2, 0.25) is 0 Å². The van der Waals surface area contributed by atoms with Crippen LogP contribution >= 0.6 is 24.8 Å². The Hall–Kier alpha value is 0.500. The van der Waals surface area contributed by atoms with Crippen molar-refractivity contribution in [3.63, 3.8) is 0 Å². The van der Waals surface area contributed by atoms with Crippen molar-refractivity contribution in [2.75, 3.05) is 32.8 Å². The third-order valence-electron chi connectivity index (χ3n) is 2.19. The Balaban J connectivity index is -0.000000500. The van der Waals surface area contributed by atoms with Gasteiger partial charge in [0.15, 0.2) is 0 Å². The number of hydrogen-bond donors (Lipinski definition) is 0. The lowest BCUT2D eigenvalue weighted by molar-refractivity contribution is 0.152. The molecule has 0 aliphatic heterocycles. The van der Waals surface area contributed by atoms with Crippen molar-refractivity contribution in [3.05, 3.63) is 0 Å². The van der Waals surface area contributed by atoms with E-state index in [-0.39, 0.29) is 24.8 Å². The first kappa shape index (κ1) is 19.1. The predicted octanol–water partition coefficient (Wildman–Crippen LogP) is 2.47. The van der Waals surface area contributed by atoms with Gasteiger partial charge in [-0.3, -0.25) is 9.80 Å². The van der Waals surface area contributed by atoms with Crippen molar-refractivity contribution in [3.8, 4) is 0 Å². The molecule has 0 aliphatic carbocycles. The summed E-state index contributed by atoms with van der Waals surface area (Å²) in [4.78, 5) is 4.88. The lowest BCUT2D eigenvalue weighted by atomic mass is 10.5. The van der Waals surface area contributed by atoms with Crippen LogP contribution in [0.3, 0.4) is 0 Å². The first-order chi connectivity index (χ1) is 5.28. The van der Waals surface area contributed by atoms with E-state index in [1.807, 2.05) is 0 Å². The van der Waals surface area contributed by atoms with Gasteiger partial charge in [0.2, 0.25) is 0 Å². The Morgan fingerprint density at radius 3 is 1.00 bits per heavy atom. The Kier molecular flexibility index (Phi) is 18.4. The minimum atomic E-state index is 0. The molecule has 0 bridgehead atoms. The maximum atomic E-state index is 2.44. The smallest absolute Gasteiger partial charge is 0.0505 e. The molecule has 0 saturated heterocycles. The fourth-order valence-electron chi connectivity index (χ4n) is 1.13. The van der Waals surface area contributed by atoms with E-state index in [0.717, 1.165) is 32.8 Å². The molecule has 0 heterocycles. The van der Waals surface area contributed by atoms with Crippen LogP contribution in [-0.4, -0.2) is 42.6 Å². The standard InChI is InChI=1S/C9H22N2.2ClH/c1-5-10(6-2)9-11(7-3)8-4;;/h5-9H2,1-4H3;2*1H. The molecular formula is C9H24Cl2N2. The SMILES string of the molecule is CCN(CC)CN(CC)CC.Cl.Cl. The lowest BCUT2D eigenvalue weighted by Crippen LogP contribution is -2.37. The summed E-state index contributed by atoms with van der Waals surface area (Å²) in [6.45, 7) is 14.6. The molecule has 0 saturated carbocycles. The fourth-order valence-corrected chi connectivity index (χ4v) is 1.13. The van der Waals surface area contributed by atoms with Crippen LogP contribution in [0, 0.1) is 0 Å². The first-order valence-electron chi connectivity index (χ1n) is 4.73. The number of halogens is 2. The summed E-state index contributed by atoms with van der Waals surface area (Å²) in [6.07, 6.45) is 0. The average Bonchev–Trinajstić information content (AvgIpc) is 2.07. The van der Waals surface area contributed by atoms with Crippen LogP contribution in [0.4, 0.5) is 0 Å². The van der Waals surface area contributed by atoms with E-state index in [4.69, 9.17) is 0 Å².